The van der Waals surface area contributed by atoms with E-state index in [1.165, 1.54) is 38.5 Å². The molecule has 0 amide bonds. The van der Waals surface area contributed by atoms with E-state index in [1.807, 2.05) is 13.8 Å². The average Bonchev–Trinajstić information content (AvgIpc) is 2.17. The van der Waals surface area contributed by atoms with Gasteiger partial charge in [-0.05, 0) is 39.5 Å². The molecule has 96 valence electrons. The lowest BCUT2D eigenvalue weighted by atomic mass is 9.87. The van der Waals surface area contributed by atoms with Gasteiger partial charge in [0.15, 0.2) is 0 Å². The molecular formula is C14H28O2. The highest BCUT2D eigenvalue weighted by Crippen LogP contribution is 2.27. The molecule has 0 aromatic carbocycles. The first-order valence-corrected chi connectivity index (χ1v) is 6.86. The third-order valence-electron chi connectivity index (χ3n) is 3.86. The van der Waals surface area contributed by atoms with Crippen LogP contribution in [0.3, 0.4) is 0 Å². The molecule has 2 aliphatic carbocycles. The van der Waals surface area contributed by atoms with E-state index in [1.54, 1.807) is 0 Å². The number of hydrogen-bond acceptors (Lipinski definition) is 2. The van der Waals surface area contributed by atoms with Gasteiger partial charge >= 0.3 is 0 Å². The summed E-state index contributed by atoms with van der Waals surface area (Å²) < 4.78 is 0. The normalized spacial score (nSPS) is 27.8. The molecule has 2 heteroatoms. The van der Waals surface area contributed by atoms with E-state index in [-0.39, 0.29) is 11.2 Å². The number of rotatable bonds is 0. The van der Waals surface area contributed by atoms with Crippen LogP contribution in [0.25, 0.3) is 0 Å². The van der Waals surface area contributed by atoms with Crippen LogP contribution in [0.15, 0.2) is 0 Å². The quantitative estimate of drug-likeness (QED) is 0.667. The first kappa shape index (κ1) is 14.0. The zero-order valence-electron chi connectivity index (χ0n) is 11.0. The molecule has 0 aromatic rings. The Labute approximate surface area is 100 Å². The molecule has 2 rings (SSSR count). The molecule has 0 radical (unpaired) electrons. The van der Waals surface area contributed by atoms with Crippen LogP contribution in [-0.4, -0.2) is 21.4 Å². The maximum absolute atomic E-state index is 9.37. The second kappa shape index (κ2) is 6.02. The standard InChI is InChI=1S/2C7H14O/c2*1-7(8)5-3-2-4-6-7/h2*8H,2-6H2,1H3. The molecule has 0 atom stereocenters. The van der Waals surface area contributed by atoms with Gasteiger partial charge in [0.1, 0.15) is 0 Å². The van der Waals surface area contributed by atoms with Gasteiger partial charge in [0.2, 0.25) is 0 Å². The van der Waals surface area contributed by atoms with Gasteiger partial charge in [-0.1, -0.05) is 38.5 Å². The highest BCUT2D eigenvalue weighted by Gasteiger charge is 2.22. The Morgan fingerprint density at radius 2 is 0.812 bits per heavy atom. The zero-order chi connectivity index (χ0) is 12.1. The van der Waals surface area contributed by atoms with Crippen LogP contribution < -0.4 is 0 Å². The molecule has 0 aromatic heterocycles. The lowest BCUT2D eigenvalue weighted by molar-refractivity contribution is 0.0220. The Morgan fingerprint density at radius 3 is 0.938 bits per heavy atom. The summed E-state index contributed by atoms with van der Waals surface area (Å²) in [4.78, 5) is 0. The van der Waals surface area contributed by atoms with Crippen LogP contribution in [-0.2, 0) is 0 Å². The first-order valence-electron chi connectivity index (χ1n) is 6.86. The second-order valence-electron chi connectivity index (χ2n) is 6.12. The average molecular weight is 228 g/mol. The van der Waals surface area contributed by atoms with Gasteiger partial charge in [0, 0.05) is 0 Å². The molecule has 2 aliphatic rings. The van der Waals surface area contributed by atoms with E-state index in [0.29, 0.717) is 0 Å². The minimum Gasteiger partial charge on any atom is -0.390 e. The summed E-state index contributed by atoms with van der Waals surface area (Å²) >= 11 is 0. The van der Waals surface area contributed by atoms with Gasteiger partial charge in [-0.2, -0.15) is 0 Å². The van der Waals surface area contributed by atoms with Gasteiger partial charge in [-0.15, -0.1) is 0 Å². The third-order valence-corrected chi connectivity index (χ3v) is 3.86. The molecule has 0 spiro atoms. The Kier molecular flexibility index (Phi) is 5.26. The molecule has 0 bridgehead atoms. The predicted molar refractivity (Wildman–Crippen MR) is 67.4 cm³/mol. The van der Waals surface area contributed by atoms with Gasteiger partial charge in [-0.25, -0.2) is 0 Å². The monoisotopic (exact) mass is 228 g/mol. The fourth-order valence-electron chi connectivity index (χ4n) is 2.63. The van der Waals surface area contributed by atoms with Crippen molar-refractivity contribution in [2.24, 2.45) is 0 Å². The van der Waals surface area contributed by atoms with E-state index in [0.717, 1.165) is 25.7 Å². The molecule has 0 aliphatic heterocycles. The molecule has 0 saturated heterocycles. The maximum atomic E-state index is 9.37. The van der Waals surface area contributed by atoms with Crippen molar-refractivity contribution in [3.8, 4) is 0 Å². The highest BCUT2D eigenvalue weighted by atomic mass is 16.3. The molecular weight excluding hydrogens is 200 g/mol. The van der Waals surface area contributed by atoms with Crippen molar-refractivity contribution in [2.45, 2.75) is 89.3 Å². The van der Waals surface area contributed by atoms with Gasteiger partial charge < -0.3 is 10.2 Å². The minimum absolute atomic E-state index is 0.321. The number of hydrogen-bond donors (Lipinski definition) is 2. The van der Waals surface area contributed by atoms with Gasteiger partial charge in [-0.3, -0.25) is 0 Å². The van der Waals surface area contributed by atoms with Crippen molar-refractivity contribution in [1.29, 1.82) is 0 Å². The third kappa shape index (κ3) is 5.86. The predicted octanol–water partition coefficient (Wildman–Crippen LogP) is 3.40. The van der Waals surface area contributed by atoms with Gasteiger partial charge in [0.25, 0.3) is 0 Å². The molecule has 16 heavy (non-hydrogen) atoms. The fourth-order valence-corrected chi connectivity index (χ4v) is 2.63. The van der Waals surface area contributed by atoms with Crippen LogP contribution in [0.5, 0.6) is 0 Å². The van der Waals surface area contributed by atoms with E-state index >= 15 is 0 Å². The van der Waals surface area contributed by atoms with Crippen molar-refractivity contribution < 1.29 is 10.2 Å². The largest absolute Gasteiger partial charge is 0.390 e. The fraction of sp³-hybridized carbons (Fsp3) is 1.00. The van der Waals surface area contributed by atoms with E-state index in [9.17, 15) is 10.2 Å². The lowest BCUT2D eigenvalue weighted by Gasteiger charge is -2.27. The van der Waals surface area contributed by atoms with Crippen molar-refractivity contribution in [2.75, 3.05) is 0 Å². The molecule has 0 unspecified atom stereocenters. The summed E-state index contributed by atoms with van der Waals surface area (Å²) in [5.41, 5.74) is -0.642. The SMILES string of the molecule is CC1(O)CCCCC1.CC1(O)CCCCC1. The minimum atomic E-state index is -0.321. The number of aliphatic hydroxyl groups is 2. The Hall–Kier alpha value is -0.0800. The smallest absolute Gasteiger partial charge is 0.0619 e. The van der Waals surface area contributed by atoms with E-state index < -0.39 is 0 Å². The van der Waals surface area contributed by atoms with Crippen LogP contribution >= 0.6 is 0 Å². The summed E-state index contributed by atoms with van der Waals surface area (Å²) in [6, 6.07) is 0. The molecule has 0 heterocycles. The summed E-state index contributed by atoms with van der Waals surface area (Å²) in [7, 11) is 0. The van der Waals surface area contributed by atoms with Crippen LogP contribution in [0.1, 0.15) is 78.1 Å². The molecule has 2 N–H and O–H groups in total. The van der Waals surface area contributed by atoms with Gasteiger partial charge in [0.05, 0.1) is 11.2 Å². The van der Waals surface area contributed by atoms with Crippen LogP contribution in [0.2, 0.25) is 0 Å². The second-order valence-corrected chi connectivity index (χ2v) is 6.12. The van der Waals surface area contributed by atoms with Crippen molar-refractivity contribution in [3.63, 3.8) is 0 Å². The highest BCUT2D eigenvalue weighted by molar-refractivity contribution is 4.76. The maximum Gasteiger partial charge on any atom is 0.0619 e. The zero-order valence-corrected chi connectivity index (χ0v) is 11.0. The first-order chi connectivity index (χ1) is 7.41. The van der Waals surface area contributed by atoms with Crippen molar-refractivity contribution in [1.82, 2.24) is 0 Å². The Balaban J connectivity index is 0.000000160. The summed E-state index contributed by atoms with van der Waals surface area (Å²) in [5, 5.41) is 18.7. The van der Waals surface area contributed by atoms with Crippen molar-refractivity contribution >= 4 is 0 Å². The summed E-state index contributed by atoms with van der Waals surface area (Å²) in [5.74, 6) is 0. The Morgan fingerprint density at radius 1 is 0.562 bits per heavy atom. The topological polar surface area (TPSA) is 40.5 Å². The summed E-state index contributed by atoms with van der Waals surface area (Å²) in [6.45, 7) is 3.87. The molecule has 2 nitrogen and oxygen atoms in total. The van der Waals surface area contributed by atoms with Crippen LogP contribution in [0, 0.1) is 0 Å². The lowest BCUT2D eigenvalue weighted by Crippen LogP contribution is -2.26. The summed E-state index contributed by atoms with van der Waals surface area (Å²) in [6.07, 6.45) is 11.5. The van der Waals surface area contributed by atoms with E-state index in [2.05, 4.69) is 0 Å². The Bertz CT molecular complexity index is 159. The van der Waals surface area contributed by atoms with Crippen LogP contribution in [0.4, 0.5) is 0 Å². The van der Waals surface area contributed by atoms with Crippen molar-refractivity contribution in [3.05, 3.63) is 0 Å². The molecule has 2 saturated carbocycles. The molecule has 2 fully saturated rings. The van der Waals surface area contributed by atoms with E-state index in [4.69, 9.17) is 0 Å².